The quantitative estimate of drug-likeness (QED) is 0.679. The Hall–Kier alpha value is -0.610. The highest BCUT2D eigenvalue weighted by molar-refractivity contribution is 5.66. The molecular formula is C11H21NO3. The van der Waals surface area contributed by atoms with Gasteiger partial charge in [-0.15, -0.1) is 0 Å². The predicted octanol–water partition coefficient (Wildman–Crippen LogP) is 1.35. The predicted molar refractivity (Wildman–Crippen MR) is 58.0 cm³/mol. The Kier molecular flexibility index (Phi) is 5.65. The second-order valence-electron chi connectivity index (χ2n) is 4.05. The monoisotopic (exact) mass is 215 g/mol. The number of nitrogens with zero attached hydrogens (tertiary/aromatic N) is 1. The molecule has 0 spiro atoms. The normalized spacial score (nSPS) is 22.9. The number of hydrogen-bond acceptors (Lipinski definition) is 3. The number of hydrogen-bond donors (Lipinski definition) is 1. The van der Waals surface area contributed by atoms with Crippen LogP contribution in [-0.4, -0.2) is 48.3 Å². The van der Waals surface area contributed by atoms with Gasteiger partial charge in [-0.1, -0.05) is 6.92 Å². The first-order valence-electron chi connectivity index (χ1n) is 5.78. The number of carboxylic acid groups (broad SMARTS) is 1. The average Bonchev–Trinajstić information content (AvgIpc) is 2.24. The van der Waals surface area contributed by atoms with Gasteiger partial charge in [0.1, 0.15) is 0 Å². The highest BCUT2D eigenvalue weighted by Gasteiger charge is 2.17. The maximum atomic E-state index is 10.3. The van der Waals surface area contributed by atoms with Crippen molar-refractivity contribution in [2.45, 2.75) is 38.7 Å². The fraction of sp³-hybridized carbons (Fsp3) is 0.909. The topological polar surface area (TPSA) is 49.8 Å². The van der Waals surface area contributed by atoms with Gasteiger partial charge in [-0.25, -0.2) is 0 Å². The molecule has 1 atom stereocenters. The van der Waals surface area contributed by atoms with Crippen LogP contribution in [0.2, 0.25) is 0 Å². The number of aliphatic carboxylic acids is 1. The van der Waals surface area contributed by atoms with Crippen molar-refractivity contribution in [3.63, 3.8) is 0 Å². The maximum absolute atomic E-state index is 10.3. The van der Waals surface area contributed by atoms with E-state index in [0.29, 0.717) is 12.5 Å². The Morgan fingerprint density at radius 3 is 3.00 bits per heavy atom. The summed E-state index contributed by atoms with van der Waals surface area (Å²) in [6, 6.07) is 0. The second kappa shape index (κ2) is 6.80. The van der Waals surface area contributed by atoms with Crippen LogP contribution in [0.1, 0.15) is 32.6 Å². The van der Waals surface area contributed by atoms with Crippen LogP contribution in [0.15, 0.2) is 0 Å². The Bertz CT molecular complexity index is 196. The molecule has 0 aromatic heterocycles. The van der Waals surface area contributed by atoms with Gasteiger partial charge in [-0.05, 0) is 25.8 Å². The molecule has 1 fully saturated rings. The van der Waals surface area contributed by atoms with E-state index in [1.165, 1.54) is 0 Å². The summed E-state index contributed by atoms with van der Waals surface area (Å²) in [6.45, 7) is 5.95. The molecular weight excluding hydrogens is 194 g/mol. The van der Waals surface area contributed by atoms with Gasteiger partial charge in [-0.3, -0.25) is 9.69 Å². The van der Waals surface area contributed by atoms with E-state index in [4.69, 9.17) is 9.84 Å². The van der Waals surface area contributed by atoms with Crippen LogP contribution in [0, 0.1) is 0 Å². The standard InChI is InChI=1S/C11H21NO3/c1-2-10-9-12(7-8-15-10)6-4-3-5-11(13)14/h10H,2-9H2,1H3,(H,13,14). The SMILES string of the molecule is CCC1CN(CCCCC(=O)O)CCO1. The molecule has 1 rings (SSSR count). The molecule has 15 heavy (non-hydrogen) atoms. The van der Waals surface area contributed by atoms with Gasteiger partial charge in [0.05, 0.1) is 12.7 Å². The van der Waals surface area contributed by atoms with E-state index in [1.54, 1.807) is 0 Å². The average molecular weight is 215 g/mol. The number of ether oxygens (including phenoxy) is 1. The third-order valence-electron chi connectivity index (χ3n) is 2.79. The zero-order chi connectivity index (χ0) is 11.1. The van der Waals surface area contributed by atoms with Gasteiger partial charge in [0, 0.05) is 19.5 Å². The lowest BCUT2D eigenvalue weighted by Gasteiger charge is -2.32. The third kappa shape index (κ3) is 5.14. The zero-order valence-electron chi connectivity index (χ0n) is 9.45. The molecule has 0 amide bonds. The number of morpholine rings is 1. The van der Waals surface area contributed by atoms with E-state index in [9.17, 15) is 4.79 Å². The number of unbranched alkanes of at least 4 members (excludes halogenated alkanes) is 1. The van der Waals surface area contributed by atoms with Gasteiger partial charge < -0.3 is 9.84 Å². The van der Waals surface area contributed by atoms with Crippen LogP contribution in [0.5, 0.6) is 0 Å². The molecule has 0 aliphatic carbocycles. The summed E-state index contributed by atoms with van der Waals surface area (Å²) in [6.07, 6.45) is 3.48. The Balaban J connectivity index is 2.07. The third-order valence-corrected chi connectivity index (χ3v) is 2.79. The molecule has 1 aliphatic rings. The van der Waals surface area contributed by atoms with Gasteiger partial charge >= 0.3 is 5.97 Å². The number of rotatable bonds is 6. The Morgan fingerprint density at radius 1 is 1.53 bits per heavy atom. The fourth-order valence-electron chi connectivity index (χ4n) is 1.84. The maximum Gasteiger partial charge on any atom is 0.303 e. The molecule has 1 N–H and O–H groups in total. The van der Waals surface area contributed by atoms with E-state index in [2.05, 4.69) is 11.8 Å². The van der Waals surface area contributed by atoms with Crippen molar-refractivity contribution in [2.24, 2.45) is 0 Å². The molecule has 0 aromatic carbocycles. The highest BCUT2D eigenvalue weighted by atomic mass is 16.5. The number of carbonyl (C=O) groups is 1. The molecule has 0 saturated carbocycles. The van der Waals surface area contributed by atoms with Crippen molar-refractivity contribution in [3.05, 3.63) is 0 Å². The van der Waals surface area contributed by atoms with Crippen molar-refractivity contribution < 1.29 is 14.6 Å². The first-order chi connectivity index (χ1) is 7.22. The smallest absolute Gasteiger partial charge is 0.303 e. The molecule has 1 aliphatic heterocycles. The molecule has 4 nitrogen and oxygen atoms in total. The van der Waals surface area contributed by atoms with Crippen molar-refractivity contribution >= 4 is 5.97 Å². The summed E-state index contributed by atoms with van der Waals surface area (Å²) in [5.74, 6) is -0.691. The summed E-state index contributed by atoms with van der Waals surface area (Å²) in [4.78, 5) is 12.7. The van der Waals surface area contributed by atoms with Crippen LogP contribution < -0.4 is 0 Å². The van der Waals surface area contributed by atoms with E-state index >= 15 is 0 Å². The van der Waals surface area contributed by atoms with E-state index in [1.807, 2.05) is 0 Å². The molecule has 1 unspecified atom stereocenters. The molecule has 0 bridgehead atoms. The van der Waals surface area contributed by atoms with Crippen LogP contribution in [0.3, 0.4) is 0 Å². The lowest BCUT2D eigenvalue weighted by Crippen LogP contribution is -2.42. The van der Waals surface area contributed by atoms with Crippen LogP contribution in [0.25, 0.3) is 0 Å². The number of carboxylic acids is 1. The molecule has 88 valence electrons. The molecule has 0 radical (unpaired) electrons. The summed E-state index contributed by atoms with van der Waals surface area (Å²) in [7, 11) is 0. The van der Waals surface area contributed by atoms with Crippen LogP contribution in [0.4, 0.5) is 0 Å². The van der Waals surface area contributed by atoms with Gasteiger partial charge in [0.2, 0.25) is 0 Å². The van der Waals surface area contributed by atoms with Gasteiger partial charge in [-0.2, -0.15) is 0 Å². The van der Waals surface area contributed by atoms with Crippen LogP contribution >= 0.6 is 0 Å². The molecule has 4 heteroatoms. The summed E-state index contributed by atoms with van der Waals surface area (Å²) in [5, 5.41) is 8.50. The minimum atomic E-state index is -0.691. The Morgan fingerprint density at radius 2 is 2.33 bits per heavy atom. The Labute approximate surface area is 91.2 Å². The van der Waals surface area contributed by atoms with Crippen molar-refractivity contribution in [2.75, 3.05) is 26.2 Å². The van der Waals surface area contributed by atoms with Crippen molar-refractivity contribution in [1.29, 1.82) is 0 Å². The fourth-order valence-corrected chi connectivity index (χ4v) is 1.84. The summed E-state index contributed by atoms with van der Waals surface area (Å²) in [5.41, 5.74) is 0. The van der Waals surface area contributed by atoms with E-state index in [0.717, 1.165) is 45.5 Å². The minimum Gasteiger partial charge on any atom is -0.481 e. The first kappa shape index (κ1) is 12.5. The lowest BCUT2D eigenvalue weighted by molar-refractivity contribution is -0.137. The zero-order valence-corrected chi connectivity index (χ0v) is 9.45. The first-order valence-corrected chi connectivity index (χ1v) is 5.78. The van der Waals surface area contributed by atoms with Gasteiger partial charge in [0.15, 0.2) is 0 Å². The van der Waals surface area contributed by atoms with Crippen molar-refractivity contribution in [1.82, 2.24) is 4.90 Å². The van der Waals surface area contributed by atoms with E-state index < -0.39 is 5.97 Å². The van der Waals surface area contributed by atoms with Crippen molar-refractivity contribution in [3.8, 4) is 0 Å². The van der Waals surface area contributed by atoms with Gasteiger partial charge in [0.25, 0.3) is 0 Å². The molecule has 1 saturated heterocycles. The summed E-state index contributed by atoms with van der Waals surface area (Å²) < 4.78 is 5.57. The lowest BCUT2D eigenvalue weighted by atomic mass is 10.2. The van der Waals surface area contributed by atoms with Crippen LogP contribution in [-0.2, 0) is 9.53 Å². The highest BCUT2D eigenvalue weighted by Crippen LogP contribution is 2.09. The molecule has 0 aromatic rings. The van der Waals surface area contributed by atoms with E-state index in [-0.39, 0.29) is 0 Å². The second-order valence-corrected chi connectivity index (χ2v) is 4.05. The largest absolute Gasteiger partial charge is 0.481 e. The minimum absolute atomic E-state index is 0.293. The molecule has 1 heterocycles. The summed E-state index contributed by atoms with van der Waals surface area (Å²) >= 11 is 0.